The number of halogens is 3. The molecule has 3 aromatic rings. The molecule has 3 heterocycles. The maximum atomic E-state index is 13.7. The van der Waals surface area contributed by atoms with Gasteiger partial charge in [-0.1, -0.05) is 35.5 Å². The quantitative estimate of drug-likeness (QED) is 0.617. The van der Waals surface area contributed by atoms with Crippen molar-refractivity contribution in [1.29, 1.82) is 0 Å². The summed E-state index contributed by atoms with van der Waals surface area (Å²) in [5.41, 5.74) is 1.26. The Hall–Kier alpha value is -3.10. The zero-order chi connectivity index (χ0) is 21.0. The van der Waals surface area contributed by atoms with Gasteiger partial charge in [0.25, 0.3) is 5.91 Å². The topological polar surface area (TPSA) is 64.2 Å². The third kappa shape index (κ3) is 3.18. The van der Waals surface area contributed by atoms with Crippen molar-refractivity contribution in [2.75, 3.05) is 4.90 Å². The maximum Gasteiger partial charge on any atom is 0.410 e. The van der Waals surface area contributed by atoms with Crippen molar-refractivity contribution >= 4 is 11.7 Å². The van der Waals surface area contributed by atoms with Crippen LogP contribution in [0.4, 0.5) is 19.0 Å². The van der Waals surface area contributed by atoms with Crippen molar-refractivity contribution in [3.63, 3.8) is 0 Å². The van der Waals surface area contributed by atoms with Crippen LogP contribution in [-0.4, -0.2) is 33.1 Å². The van der Waals surface area contributed by atoms with Crippen molar-refractivity contribution in [3.8, 4) is 11.3 Å². The summed E-state index contributed by atoms with van der Waals surface area (Å²) in [5.74, 6) is 0.159. The third-order valence-corrected chi connectivity index (χ3v) is 5.73. The summed E-state index contributed by atoms with van der Waals surface area (Å²) in [6.45, 7) is 1.62. The summed E-state index contributed by atoms with van der Waals surface area (Å²) in [6, 6.07) is 9.97. The lowest BCUT2D eigenvalue weighted by atomic mass is 9.97. The predicted octanol–water partition coefficient (Wildman–Crippen LogP) is 4.78. The number of carbonyl (C=O) groups is 1. The molecule has 0 spiro atoms. The van der Waals surface area contributed by atoms with E-state index in [0.29, 0.717) is 11.5 Å². The summed E-state index contributed by atoms with van der Waals surface area (Å²) in [6.07, 6.45) is -3.04. The minimum Gasteiger partial charge on any atom is -0.355 e. The summed E-state index contributed by atoms with van der Waals surface area (Å²) >= 11 is 0. The molecule has 1 aliphatic carbocycles. The first-order valence-electron chi connectivity index (χ1n) is 9.81. The van der Waals surface area contributed by atoms with Crippen molar-refractivity contribution in [1.82, 2.24) is 14.9 Å². The molecule has 5 rings (SSSR count). The molecule has 1 aliphatic heterocycles. The Balaban J connectivity index is 1.55. The Morgan fingerprint density at radius 1 is 1.17 bits per heavy atom. The Morgan fingerprint density at radius 2 is 1.90 bits per heavy atom. The lowest BCUT2D eigenvalue weighted by Gasteiger charge is -2.40. The number of hydrogen-bond acceptors (Lipinski definition) is 4. The van der Waals surface area contributed by atoms with Gasteiger partial charge in [0.05, 0.1) is 5.69 Å². The van der Waals surface area contributed by atoms with Gasteiger partial charge in [0.2, 0.25) is 0 Å². The molecule has 0 radical (unpaired) electrons. The standard InChI is InChI=1S/C21H19F3N4O2/c1-12-9-19-27(16(13-7-8-13)11-18(21(22,23)24)28(19)25-12)20(29)15-10-17(30-26-15)14-5-3-2-4-6-14/h2-6,9-10,13,16,18H,7-8,11H2,1H3/t16-,18-/m1/s1. The second-order valence-corrected chi connectivity index (χ2v) is 7.90. The lowest BCUT2D eigenvalue weighted by molar-refractivity contribution is -0.174. The van der Waals surface area contributed by atoms with Gasteiger partial charge in [-0.25, -0.2) is 4.68 Å². The molecule has 2 atom stereocenters. The Morgan fingerprint density at radius 3 is 2.57 bits per heavy atom. The van der Waals surface area contributed by atoms with Gasteiger partial charge in [0, 0.05) is 23.7 Å². The van der Waals surface area contributed by atoms with Gasteiger partial charge >= 0.3 is 6.18 Å². The van der Waals surface area contributed by atoms with E-state index in [2.05, 4.69) is 10.3 Å². The number of rotatable bonds is 3. The fraction of sp³-hybridized carbons (Fsp3) is 0.381. The zero-order valence-electron chi connectivity index (χ0n) is 16.1. The molecule has 156 valence electrons. The molecule has 1 saturated carbocycles. The van der Waals surface area contributed by atoms with Crippen LogP contribution in [-0.2, 0) is 0 Å². The average molecular weight is 416 g/mol. The SMILES string of the molecule is Cc1cc2n(n1)[C@@H](C(F)(F)F)C[C@H](C1CC1)N2C(=O)c1cc(-c2ccccc2)on1. The third-order valence-electron chi connectivity index (χ3n) is 5.73. The fourth-order valence-corrected chi connectivity index (χ4v) is 4.17. The minimum absolute atomic E-state index is 0.0447. The van der Waals surface area contributed by atoms with Crippen LogP contribution in [0.2, 0.25) is 0 Å². The molecule has 6 nitrogen and oxygen atoms in total. The number of benzene rings is 1. The maximum absolute atomic E-state index is 13.7. The monoisotopic (exact) mass is 416 g/mol. The zero-order valence-corrected chi connectivity index (χ0v) is 16.1. The molecule has 1 amide bonds. The van der Waals surface area contributed by atoms with Crippen LogP contribution in [0.3, 0.4) is 0 Å². The number of anilines is 1. The molecule has 0 N–H and O–H groups in total. The van der Waals surface area contributed by atoms with Gasteiger partial charge in [0.15, 0.2) is 17.5 Å². The Bertz CT molecular complexity index is 1090. The second-order valence-electron chi connectivity index (χ2n) is 7.90. The first kappa shape index (κ1) is 18.9. The highest BCUT2D eigenvalue weighted by atomic mass is 19.4. The van der Waals surface area contributed by atoms with Gasteiger partial charge in [-0.3, -0.25) is 9.69 Å². The summed E-state index contributed by atoms with van der Waals surface area (Å²) in [7, 11) is 0. The van der Waals surface area contributed by atoms with Gasteiger partial charge < -0.3 is 4.52 Å². The van der Waals surface area contributed by atoms with E-state index in [1.54, 1.807) is 6.92 Å². The number of nitrogens with zero attached hydrogens (tertiary/aromatic N) is 4. The number of carbonyl (C=O) groups excluding carboxylic acids is 1. The second kappa shape index (κ2) is 6.72. The molecule has 1 aromatic carbocycles. The minimum atomic E-state index is -4.44. The van der Waals surface area contributed by atoms with E-state index in [-0.39, 0.29) is 23.9 Å². The highest BCUT2D eigenvalue weighted by Gasteiger charge is 2.53. The van der Waals surface area contributed by atoms with Crippen LogP contribution in [0.5, 0.6) is 0 Å². The molecule has 0 saturated heterocycles. The van der Waals surface area contributed by atoms with Gasteiger partial charge in [-0.05, 0) is 32.1 Å². The van der Waals surface area contributed by atoms with E-state index in [1.807, 2.05) is 30.3 Å². The number of hydrogen-bond donors (Lipinski definition) is 0. The smallest absolute Gasteiger partial charge is 0.355 e. The van der Waals surface area contributed by atoms with Gasteiger partial charge in [0.1, 0.15) is 5.82 Å². The molecule has 0 bridgehead atoms. The largest absolute Gasteiger partial charge is 0.410 e. The highest BCUT2D eigenvalue weighted by Crippen LogP contribution is 2.48. The molecule has 2 aliphatic rings. The van der Waals surface area contributed by atoms with Crippen molar-refractivity contribution in [3.05, 3.63) is 53.9 Å². The van der Waals surface area contributed by atoms with Crippen LogP contribution in [0.15, 0.2) is 47.0 Å². The molecular formula is C21H19F3N4O2. The lowest BCUT2D eigenvalue weighted by Crippen LogP contribution is -2.50. The first-order valence-corrected chi connectivity index (χ1v) is 9.81. The summed E-state index contributed by atoms with van der Waals surface area (Å²) in [4.78, 5) is 14.8. The van der Waals surface area contributed by atoms with Crippen molar-refractivity contribution in [2.24, 2.45) is 5.92 Å². The van der Waals surface area contributed by atoms with E-state index in [1.165, 1.54) is 17.0 Å². The first-order chi connectivity index (χ1) is 14.3. The summed E-state index contributed by atoms with van der Waals surface area (Å²) < 4.78 is 47.5. The molecule has 9 heteroatoms. The molecule has 2 aromatic heterocycles. The number of alkyl halides is 3. The molecular weight excluding hydrogens is 397 g/mol. The van der Waals surface area contributed by atoms with E-state index in [9.17, 15) is 18.0 Å². The van der Waals surface area contributed by atoms with E-state index < -0.39 is 24.2 Å². The van der Waals surface area contributed by atoms with E-state index in [0.717, 1.165) is 23.1 Å². The fourth-order valence-electron chi connectivity index (χ4n) is 4.17. The normalized spacial score (nSPS) is 21.5. The van der Waals surface area contributed by atoms with Gasteiger partial charge in [-0.15, -0.1) is 0 Å². The van der Waals surface area contributed by atoms with Crippen LogP contribution in [0, 0.1) is 12.8 Å². The van der Waals surface area contributed by atoms with E-state index >= 15 is 0 Å². The number of amides is 1. The molecule has 0 unspecified atom stereocenters. The molecule has 30 heavy (non-hydrogen) atoms. The molecule has 1 fully saturated rings. The van der Waals surface area contributed by atoms with Crippen LogP contribution in [0.1, 0.15) is 41.5 Å². The van der Waals surface area contributed by atoms with Crippen LogP contribution >= 0.6 is 0 Å². The van der Waals surface area contributed by atoms with Crippen molar-refractivity contribution in [2.45, 2.75) is 44.4 Å². The Labute approximate surface area is 170 Å². The van der Waals surface area contributed by atoms with Crippen LogP contribution < -0.4 is 4.90 Å². The average Bonchev–Trinajstić information content (AvgIpc) is 3.30. The Kier molecular flexibility index (Phi) is 4.23. The van der Waals surface area contributed by atoms with Crippen LogP contribution in [0.25, 0.3) is 11.3 Å². The highest BCUT2D eigenvalue weighted by molar-refractivity contribution is 6.05. The number of aryl methyl sites for hydroxylation is 1. The van der Waals surface area contributed by atoms with Crippen molar-refractivity contribution < 1.29 is 22.5 Å². The predicted molar refractivity (Wildman–Crippen MR) is 102 cm³/mol. The number of fused-ring (bicyclic) bond motifs is 1. The van der Waals surface area contributed by atoms with Gasteiger partial charge in [-0.2, -0.15) is 18.3 Å². The summed E-state index contributed by atoms with van der Waals surface area (Å²) in [5, 5.41) is 7.96. The number of aromatic nitrogens is 3. The van der Waals surface area contributed by atoms with E-state index in [4.69, 9.17) is 4.52 Å².